The van der Waals surface area contributed by atoms with Gasteiger partial charge < -0.3 is 38.3 Å². The Kier molecular flexibility index (Phi) is 27.0. The van der Waals surface area contributed by atoms with E-state index in [0.29, 0.717) is 39.6 Å². The first-order valence-corrected chi connectivity index (χ1v) is 14.6. The van der Waals surface area contributed by atoms with E-state index >= 15 is 0 Å². The van der Waals surface area contributed by atoms with E-state index in [1.165, 1.54) is 0 Å². The van der Waals surface area contributed by atoms with Crippen LogP contribution in [0.4, 0.5) is 17.6 Å². The number of benzene rings is 1. The van der Waals surface area contributed by atoms with Gasteiger partial charge in [-0.2, -0.15) is 8.78 Å². The van der Waals surface area contributed by atoms with E-state index in [1.54, 1.807) is 7.11 Å². The van der Waals surface area contributed by atoms with Gasteiger partial charge in [0.1, 0.15) is 25.4 Å². The molecule has 0 radical (unpaired) electrons. The summed E-state index contributed by atoms with van der Waals surface area (Å²) in [6.45, 7) is 8.95. The lowest BCUT2D eigenvalue weighted by Gasteiger charge is -2.19. The molecule has 0 amide bonds. The third-order valence-corrected chi connectivity index (χ3v) is 4.69. The predicted molar refractivity (Wildman–Crippen MR) is 153 cm³/mol. The normalized spacial score (nSPS) is 11.3. The van der Waals surface area contributed by atoms with Crippen molar-refractivity contribution in [1.82, 2.24) is 0 Å². The Morgan fingerprint density at radius 3 is 1.53 bits per heavy atom. The lowest BCUT2D eigenvalue weighted by Crippen LogP contribution is -2.24. The molecule has 1 rings (SSSR count). The van der Waals surface area contributed by atoms with Crippen molar-refractivity contribution in [3.63, 3.8) is 0 Å². The molecule has 0 fully saturated rings. The zero-order valence-corrected chi connectivity index (χ0v) is 27.2. The van der Waals surface area contributed by atoms with Crippen molar-refractivity contribution in [2.45, 2.75) is 39.2 Å². The second kappa shape index (κ2) is 28.5. The first-order valence-electron chi connectivity index (χ1n) is 14.6. The number of aliphatic hydroxyl groups is 1. The van der Waals surface area contributed by atoms with E-state index in [1.807, 2.05) is 20.8 Å². The molecule has 0 aromatic heterocycles. The number of halogens is 4. The number of hydrogen-bond acceptors (Lipinski definition) is 14. The molecule has 0 aliphatic carbocycles. The van der Waals surface area contributed by atoms with Crippen LogP contribution in [0.15, 0.2) is 6.07 Å². The molecule has 47 heavy (non-hydrogen) atoms. The highest BCUT2D eigenvalue weighted by molar-refractivity contribution is 5.72. The first-order chi connectivity index (χ1) is 22.4. The standard InChI is InChI=1S/C16H20F4O7.C13H26O7/c1-22-4-5-23-6-7-24-8-9-26-25-3-2-13(21)27-16-14(19)11(17)10-12(18)15(16)20;1-13(2,3)20-12(15)4-6-16-8-10-18-19-11-9-17-7-5-14/h10H,2-9H2,1H3;14H,4-11H2,1-3H3. The Morgan fingerprint density at radius 1 is 0.617 bits per heavy atom. The molecule has 0 atom stereocenters. The number of ether oxygens (including phenoxy) is 7. The number of hydrogen-bond donors (Lipinski definition) is 1. The fraction of sp³-hybridized carbons (Fsp3) is 0.724. The third-order valence-electron chi connectivity index (χ3n) is 4.69. The van der Waals surface area contributed by atoms with Gasteiger partial charge >= 0.3 is 11.9 Å². The predicted octanol–water partition coefficient (Wildman–Crippen LogP) is 2.86. The topological polar surface area (TPSA) is 156 Å². The van der Waals surface area contributed by atoms with Crippen molar-refractivity contribution in [3.8, 4) is 5.75 Å². The molecule has 274 valence electrons. The molecule has 1 N–H and O–H groups in total. The molecule has 0 spiro atoms. The maximum Gasteiger partial charge on any atom is 0.313 e. The van der Waals surface area contributed by atoms with Gasteiger partial charge in [0, 0.05) is 13.2 Å². The zero-order chi connectivity index (χ0) is 35.3. The molecule has 14 nitrogen and oxygen atoms in total. The molecule has 18 heteroatoms. The van der Waals surface area contributed by atoms with E-state index in [-0.39, 0.29) is 71.3 Å². The van der Waals surface area contributed by atoms with E-state index < -0.39 is 47.0 Å². The average Bonchev–Trinajstić information content (AvgIpc) is 3.01. The summed E-state index contributed by atoms with van der Waals surface area (Å²) in [7, 11) is 1.56. The summed E-state index contributed by atoms with van der Waals surface area (Å²) in [4.78, 5) is 41.7. The monoisotopic (exact) mass is 694 g/mol. The second-order valence-electron chi connectivity index (χ2n) is 9.81. The first kappa shape index (κ1) is 44.5. The fourth-order valence-electron chi connectivity index (χ4n) is 2.73. The van der Waals surface area contributed by atoms with Crippen molar-refractivity contribution in [2.24, 2.45) is 0 Å². The minimum atomic E-state index is -1.80. The minimum Gasteiger partial charge on any atom is -0.460 e. The summed E-state index contributed by atoms with van der Waals surface area (Å²) < 4.78 is 87.3. The lowest BCUT2D eigenvalue weighted by atomic mass is 10.2. The lowest BCUT2D eigenvalue weighted by molar-refractivity contribution is -0.303. The fourth-order valence-corrected chi connectivity index (χ4v) is 2.73. The second-order valence-corrected chi connectivity index (χ2v) is 9.81. The number of carbonyl (C=O) groups excluding carboxylic acids is 2. The van der Waals surface area contributed by atoms with Gasteiger partial charge in [-0.25, -0.2) is 28.3 Å². The maximum atomic E-state index is 13.3. The van der Waals surface area contributed by atoms with Gasteiger partial charge in [0.05, 0.1) is 85.5 Å². The van der Waals surface area contributed by atoms with Crippen LogP contribution in [0.25, 0.3) is 0 Å². The molecular weight excluding hydrogens is 648 g/mol. The molecule has 0 unspecified atom stereocenters. The van der Waals surface area contributed by atoms with Gasteiger partial charge in [0.15, 0.2) is 11.6 Å². The van der Waals surface area contributed by atoms with E-state index in [2.05, 4.69) is 9.62 Å². The molecular formula is C29H46F4O14. The summed E-state index contributed by atoms with van der Waals surface area (Å²) in [5.74, 6) is -9.85. The van der Waals surface area contributed by atoms with Gasteiger partial charge in [-0.1, -0.05) is 0 Å². The van der Waals surface area contributed by atoms with Crippen molar-refractivity contribution in [3.05, 3.63) is 29.3 Å². The Morgan fingerprint density at radius 2 is 1.04 bits per heavy atom. The summed E-state index contributed by atoms with van der Waals surface area (Å²) in [5.41, 5.74) is -0.466. The SMILES string of the molecule is CC(C)(C)OC(=O)CCOCCOOCCOCCO.COCCOCCOCCOOCCC(=O)Oc1c(F)c(F)cc(F)c1F. The zero-order valence-electron chi connectivity index (χ0n) is 27.2. The van der Waals surface area contributed by atoms with Crippen LogP contribution in [0.3, 0.4) is 0 Å². The van der Waals surface area contributed by atoms with Gasteiger partial charge in [0.25, 0.3) is 0 Å². The van der Waals surface area contributed by atoms with Crippen LogP contribution in [0.2, 0.25) is 0 Å². The van der Waals surface area contributed by atoms with Crippen LogP contribution in [-0.2, 0) is 57.6 Å². The average molecular weight is 695 g/mol. The van der Waals surface area contributed by atoms with Crippen LogP contribution < -0.4 is 4.74 Å². The largest absolute Gasteiger partial charge is 0.460 e. The Hall–Kier alpha value is -2.52. The third kappa shape index (κ3) is 26.2. The molecule has 0 heterocycles. The molecule has 0 bridgehead atoms. The number of rotatable bonds is 26. The van der Waals surface area contributed by atoms with Crippen molar-refractivity contribution in [2.75, 3.05) is 99.6 Å². The van der Waals surface area contributed by atoms with Crippen molar-refractivity contribution >= 4 is 11.9 Å². The summed E-state index contributed by atoms with van der Waals surface area (Å²) in [5, 5.41) is 8.44. The van der Waals surface area contributed by atoms with Gasteiger partial charge in [-0.05, 0) is 20.8 Å². The van der Waals surface area contributed by atoms with Crippen molar-refractivity contribution < 1.29 is 85.0 Å². The number of carbonyl (C=O) groups is 2. The summed E-state index contributed by atoms with van der Waals surface area (Å²) in [6, 6.07) is 0.00672. The quantitative estimate of drug-likeness (QED) is 0.0287. The molecule has 1 aromatic rings. The Bertz CT molecular complexity index is 940. The number of esters is 2. The Balaban J connectivity index is 0.000000945. The maximum absolute atomic E-state index is 13.3. The number of aliphatic hydroxyl groups excluding tert-OH is 1. The number of methoxy groups -OCH3 is 1. The smallest absolute Gasteiger partial charge is 0.313 e. The highest BCUT2D eigenvalue weighted by atomic mass is 19.2. The van der Waals surface area contributed by atoms with Crippen LogP contribution in [0.5, 0.6) is 5.75 Å². The van der Waals surface area contributed by atoms with E-state index in [4.69, 9.17) is 48.2 Å². The van der Waals surface area contributed by atoms with Crippen LogP contribution in [-0.4, -0.2) is 122 Å². The molecule has 0 saturated carbocycles. The highest BCUT2D eigenvalue weighted by Gasteiger charge is 2.23. The van der Waals surface area contributed by atoms with Gasteiger partial charge in [-0.15, -0.1) is 0 Å². The van der Waals surface area contributed by atoms with E-state index in [0.717, 1.165) is 0 Å². The van der Waals surface area contributed by atoms with Crippen molar-refractivity contribution in [1.29, 1.82) is 0 Å². The summed E-state index contributed by atoms with van der Waals surface area (Å²) in [6.07, 6.45) is -0.252. The Labute approximate surface area is 271 Å². The molecule has 0 aliphatic heterocycles. The van der Waals surface area contributed by atoms with Gasteiger partial charge in [-0.3, -0.25) is 9.59 Å². The highest BCUT2D eigenvalue weighted by Crippen LogP contribution is 2.26. The molecule has 0 aliphatic rings. The minimum absolute atomic E-state index is 0.00672. The molecule has 1 aromatic carbocycles. The van der Waals surface area contributed by atoms with Crippen LogP contribution in [0, 0.1) is 23.3 Å². The van der Waals surface area contributed by atoms with Crippen LogP contribution in [0.1, 0.15) is 33.6 Å². The summed E-state index contributed by atoms with van der Waals surface area (Å²) >= 11 is 0. The van der Waals surface area contributed by atoms with Crippen LogP contribution >= 0.6 is 0 Å². The van der Waals surface area contributed by atoms with E-state index in [9.17, 15) is 27.2 Å². The molecule has 0 saturated heterocycles. The van der Waals surface area contributed by atoms with Gasteiger partial charge in [0.2, 0.25) is 17.4 Å².